The van der Waals surface area contributed by atoms with E-state index in [1.165, 1.54) is 0 Å². The van der Waals surface area contributed by atoms with Crippen LogP contribution >= 0.6 is 0 Å². The van der Waals surface area contributed by atoms with Crippen LogP contribution < -0.4 is 4.74 Å². The third-order valence-electron chi connectivity index (χ3n) is 3.63. The van der Waals surface area contributed by atoms with Crippen LogP contribution in [0.15, 0.2) is 24.3 Å². The fourth-order valence-electron chi connectivity index (χ4n) is 2.77. The van der Waals surface area contributed by atoms with Crippen LogP contribution in [-0.4, -0.2) is 43.3 Å². The molecule has 4 heteroatoms. The van der Waals surface area contributed by atoms with Crippen molar-refractivity contribution in [3.8, 4) is 11.8 Å². The summed E-state index contributed by atoms with van der Waals surface area (Å²) >= 11 is 0. The predicted octanol–water partition coefficient (Wildman–Crippen LogP) is 2.83. The van der Waals surface area contributed by atoms with E-state index in [4.69, 9.17) is 14.7 Å². The first-order valence-electron chi connectivity index (χ1n) is 7.69. The van der Waals surface area contributed by atoms with Crippen molar-refractivity contribution in [1.29, 1.82) is 5.26 Å². The molecule has 0 amide bonds. The maximum absolute atomic E-state index is 8.99. The Hall–Kier alpha value is -1.57. The first-order chi connectivity index (χ1) is 10.2. The summed E-state index contributed by atoms with van der Waals surface area (Å²) in [4.78, 5) is 2.46. The number of hydrogen-bond donors (Lipinski definition) is 0. The van der Waals surface area contributed by atoms with Gasteiger partial charge in [-0.1, -0.05) is 12.1 Å². The Morgan fingerprint density at radius 2 is 1.95 bits per heavy atom. The minimum Gasteiger partial charge on any atom is -0.492 e. The van der Waals surface area contributed by atoms with Crippen LogP contribution in [0.3, 0.4) is 0 Å². The number of unbranched alkanes of at least 4 members (excludes halogenated alkanes) is 1. The van der Waals surface area contributed by atoms with Gasteiger partial charge in [0, 0.05) is 13.1 Å². The Morgan fingerprint density at radius 1 is 1.24 bits per heavy atom. The number of hydrogen-bond acceptors (Lipinski definition) is 4. The van der Waals surface area contributed by atoms with Gasteiger partial charge in [-0.25, -0.2) is 0 Å². The predicted molar refractivity (Wildman–Crippen MR) is 82.3 cm³/mol. The minimum absolute atomic E-state index is 0.326. The minimum atomic E-state index is 0.326. The first kappa shape index (κ1) is 15.8. The fraction of sp³-hybridized carbons (Fsp3) is 0.588. The molecule has 1 fully saturated rings. The van der Waals surface area contributed by atoms with Crippen LogP contribution in [0.2, 0.25) is 0 Å². The van der Waals surface area contributed by atoms with Gasteiger partial charge in [-0.15, -0.1) is 0 Å². The highest BCUT2D eigenvalue weighted by molar-refractivity contribution is 5.42. The van der Waals surface area contributed by atoms with Gasteiger partial charge < -0.3 is 9.47 Å². The van der Waals surface area contributed by atoms with Crippen molar-refractivity contribution in [3.05, 3.63) is 29.8 Å². The molecule has 0 N–H and O–H groups in total. The second-order valence-electron chi connectivity index (χ2n) is 5.68. The Labute approximate surface area is 127 Å². The lowest BCUT2D eigenvalue weighted by Gasteiger charge is -2.35. The zero-order valence-electron chi connectivity index (χ0n) is 12.9. The molecule has 114 valence electrons. The molecule has 1 aromatic carbocycles. The van der Waals surface area contributed by atoms with Crippen molar-refractivity contribution in [1.82, 2.24) is 4.90 Å². The average molecular weight is 288 g/mol. The number of ether oxygens (including phenoxy) is 2. The van der Waals surface area contributed by atoms with Gasteiger partial charge in [-0.3, -0.25) is 4.90 Å². The summed E-state index contributed by atoms with van der Waals surface area (Å²) in [6.07, 6.45) is 2.76. The maximum Gasteiger partial charge on any atom is 0.137 e. The fourth-order valence-corrected chi connectivity index (χ4v) is 2.77. The summed E-state index contributed by atoms with van der Waals surface area (Å²) in [5, 5.41) is 8.99. The zero-order valence-corrected chi connectivity index (χ0v) is 12.9. The molecule has 2 atom stereocenters. The van der Waals surface area contributed by atoms with Crippen LogP contribution in [0.5, 0.6) is 5.75 Å². The number of rotatable bonds is 6. The lowest BCUT2D eigenvalue weighted by Crippen LogP contribution is -2.45. The molecule has 0 spiro atoms. The molecule has 0 aromatic heterocycles. The Bertz CT molecular complexity index is 474. The topological polar surface area (TPSA) is 45.5 Å². The van der Waals surface area contributed by atoms with Crippen LogP contribution in [0.4, 0.5) is 0 Å². The number of morpholine rings is 1. The molecule has 0 radical (unpaired) electrons. The van der Waals surface area contributed by atoms with Crippen molar-refractivity contribution in [2.75, 3.05) is 26.2 Å². The lowest BCUT2D eigenvalue weighted by atomic mass is 10.2. The van der Waals surface area contributed by atoms with Crippen LogP contribution in [0.25, 0.3) is 0 Å². The van der Waals surface area contributed by atoms with Crippen LogP contribution in [0, 0.1) is 11.3 Å². The van der Waals surface area contributed by atoms with Crippen molar-refractivity contribution < 1.29 is 9.47 Å². The van der Waals surface area contributed by atoms with E-state index in [2.05, 4.69) is 24.8 Å². The third-order valence-corrected chi connectivity index (χ3v) is 3.63. The smallest absolute Gasteiger partial charge is 0.137 e. The van der Waals surface area contributed by atoms with E-state index >= 15 is 0 Å². The standard InChI is InChI=1S/C17H24N2O2/c1-14-12-19(13-15(2)21-14)9-5-6-10-20-17-8-4-3-7-16(17)11-18/h3-4,7-8,14-15H,5-6,9-10,12-13H2,1-2H3. The molecule has 2 rings (SSSR count). The molecule has 4 nitrogen and oxygen atoms in total. The number of nitrogens with zero attached hydrogens (tertiary/aromatic N) is 2. The van der Waals surface area contributed by atoms with Gasteiger partial charge in [0.25, 0.3) is 0 Å². The van der Waals surface area contributed by atoms with Gasteiger partial charge in [0.2, 0.25) is 0 Å². The summed E-state index contributed by atoms with van der Waals surface area (Å²) in [6, 6.07) is 9.53. The van der Waals surface area contributed by atoms with E-state index in [1.807, 2.05) is 18.2 Å². The zero-order chi connectivity index (χ0) is 15.1. The van der Waals surface area contributed by atoms with Gasteiger partial charge in [-0.2, -0.15) is 5.26 Å². The van der Waals surface area contributed by atoms with E-state index in [0.717, 1.165) is 32.5 Å². The number of para-hydroxylation sites is 1. The summed E-state index contributed by atoms with van der Waals surface area (Å²) in [5.41, 5.74) is 0.605. The third kappa shape index (κ3) is 5.04. The highest BCUT2D eigenvalue weighted by Crippen LogP contribution is 2.17. The van der Waals surface area contributed by atoms with Gasteiger partial charge in [0.05, 0.1) is 24.4 Å². The van der Waals surface area contributed by atoms with Crippen LogP contribution in [-0.2, 0) is 4.74 Å². The van der Waals surface area contributed by atoms with Gasteiger partial charge in [0.15, 0.2) is 0 Å². The Morgan fingerprint density at radius 3 is 2.67 bits per heavy atom. The Balaban J connectivity index is 1.65. The average Bonchev–Trinajstić information content (AvgIpc) is 2.46. The second kappa shape index (κ2) is 8.02. The molecule has 1 aliphatic rings. The highest BCUT2D eigenvalue weighted by atomic mass is 16.5. The van der Waals surface area contributed by atoms with Crippen molar-refractivity contribution in [2.24, 2.45) is 0 Å². The van der Waals surface area contributed by atoms with E-state index in [0.29, 0.717) is 30.1 Å². The maximum atomic E-state index is 8.99. The quantitative estimate of drug-likeness (QED) is 0.755. The molecule has 2 unspecified atom stereocenters. The molecule has 0 bridgehead atoms. The molecule has 1 aliphatic heterocycles. The van der Waals surface area contributed by atoms with Crippen molar-refractivity contribution in [3.63, 3.8) is 0 Å². The first-order valence-corrected chi connectivity index (χ1v) is 7.69. The molecule has 0 saturated carbocycles. The van der Waals surface area contributed by atoms with Gasteiger partial charge in [-0.05, 0) is 45.4 Å². The Kier molecular flexibility index (Phi) is 6.04. The molecular formula is C17H24N2O2. The molecule has 1 saturated heterocycles. The largest absolute Gasteiger partial charge is 0.492 e. The van der Waals surface area contributed by atoms with Gasteiger partial charge in [0.1, 0.15) is 11.8 Å². The summed E-state index contributed by atoms with van der Waals surface area (Å²) < 4.78 is 11.4. The number of nitriles is 1. The second-order valence-corrected chi connectivity index (χ2v) is 5.68. The molecule has 1 heterocycles. The SMILES string of the molecule is CC1CN(CCCCOc2ccccc2C#N)CC(C)O1. The molecule has 0 aliphatic carbocycles. The monoisotopic (exact) mass is 288 g/mol. The lowest BCUT2D eigenvalue weighted by molar-refractivity contribution is -0.0682. The van der Waals surface area contributed by atoms with Crippen molar-refractivity contribution in [2.45, 2.75) is 38.9 Å². The van der Waals surface area contributed by atoms with Crippen molar-refractivity contribution >= 4 is 0 Å². The van der Waals surface area contributed by atoms with Gasteiger partial charge >= 0.3 is 0 Å². The van der Waals surface area contributed by atoms with E-state index < -0.39 is 0 Å². The molecular weight excluding hydrogens is 264 g/mol. The normalized spacial score (nSPS) is 22.7. The number of benzene rings is 1. The summed E-state index contributed by atoms with van der Waals surface area (Å²) in [6.45, 7) is 8.04. The van der Waals surface area contributed by atoms with E-state index in [9.17, 15) is 0 Å². The highest BCUT2D eigenvalue weighted by Gasteiger charge is 2.21. The van der Waals surface area contributed by atoms with E-state index in [-0.39, 0.29) is 0 Å². The molecule has 21 heavy (non-hydrogen) atoms. The summed E-state index contributed by atoms with van der Waals surface area (Å²) in [5.74, 6) is 0.689. The molecule has 1 aromatic rings. The summed E-state index contributed by atoms with van der Waals surface area (Å²) in [7, 11) is 0. The van der Waals surface area contributed by atoms with Crippen LogP contribution in [0.1, 0.15) is 32.3 Å². The van der Waals surface area contributed by atoms with E-state index in [1.54, 1.807) is 6.07 Å².